The molecule has 1 amide bonds. The van der Waals surface area contributed by atoms with Gasteiger partial charge in [-0.15, -0.1) is 10.2 Å². The van der Waals surface area contributed by atoms with Crippen LogP contribution in [0.25, 0.3) is 17.1 Å². The van der Waals surface area contributed by atoms with Crippen molar-refractivity contribution in [1.82, 2.24) is 20.2 Å². The molecule has 0 unspecified atom stereocenters. The number of hydrazone groups is 1. The summed E-state index contributed by atoms with van der Waals surface area (Å²) >= 11 is 16.7. The van der Waals surface area contributed by atoms with E-state index in [1.807, 2.05) is 53.1 Å². The zero-order valence-electron chi connectivity index (χ0n) is 17.0. The van der Waals surface area contributed by atoms with Gasteiger partial charge in [-0.1, -0.05) is 63.0 Å². The van der Waals surface area contributed by atoms with Crippen molar-refractivity contribution < 1.29 is 4.79 Å². The smallest absolute Gasteiger partial charge is 0.250 e. The molecule has 1 N–H and O–H groups in total. The lowest BCUT2D eigenvalue weighted by Crippen LogP contribution is -2.20. The lowest BCUT2D eigenvalue weighted by atomic mass is 10.2. The Hall–Kier alpha value is -2.65. The third-order valence-corrected chi connectivity index (χ3v) is 6.39. The van der Waals surface area contributed by atoms with E-state index < -0.39 is 0 Å². The van der Waals surface area contributed by atoms with E-state index in [0.717, 1.165) is 21.3 Å². The van der Waals surface area contributed by atoms with E-state index in [1.54, 1.807) is 30.5 Å². The molecule has 0 spiro atoms. The Kier molecular flexibility index (Phi) is 7.82. The number of carbonyl (C=O) groups excluding carboxylic acids is 1. The first-order valence-electron chi connectivity index (χ1n) is 9.67. The Morgan fingerprint density at radius 2 is 1.61 bits per heavy atom. The summed E-state index contributed by atoms with van der Waals surface area (Å²) < 4.78 is 2.85. The molecule has 0 atom stereocenters. The topological polar surface area (TPSA) is 72.2 Å². The second-order valence-electron chi connectivity index (χ2n) is 6.76. The van der Waals surface area contributed by atoms with E-state index in [2.05, 4.69) is 36.7 Å². The molecule has 0 saturated heterocycles. The molecule has 4 aromatic rings. The van der Waals surface area contributed by atoms with E-state index >= 15 is 0 Å². The molecule has 0 saturated carbocycles. The van der Waals surface area contributed by atoms with Crippen LogP contribution in [-0.4, -0.2) is 32.6 Å². The number of hydrogen-bond donors (Lipinski definition) is 1. The van der Waals surface area contributed by atoms with Gasteiger partial charge in [-0.3, -0.25) is 9.36 Å². The van der Waals surface area contributed by atoms with Crippen molar-refractivity contribution in [3.63, 3.8) is 0 Å². The summed E-state index contributed by atoms with van der Waals surface area (Å²) in [6.07, 6.45) is 1.59. The van der Waals surface area contributed by atoms with Gasteiger partial charge in [0.25, 0.3) is 5.91 Å². The number of rotatable bonds is 7. The maximum Gasteiger partial charge on any atom is 0.250 e. The second kappa shape index (κ2) is 11.0. The van der Waals surface area contributed by atoms with Crippen LogP contribution < -0.4 is 5.43 Å². The lowest BCUT2D eigenvalue weighted by Gasteiger charge is -2.10. The molecule has 1 aromatic heterocycles. The minimum Gasteiger partial charge on any atom is -0.272 e. The van der Waals surface area contributed by atoms with Crippen LogP contribution in [0.4, 0.5) is 0 Å². The second-order valence-corrected chi connectivity index (χ2v) is 9.49. The van der Waals surface area contributed by atoms with Crippen molar-refractivity contribution in [1.29, 1.82) is 0 Å². The van der Waals surface area contributed by atoms with E-state index in [-0.39, 0.29) is 11.7 Å². The highest BCUT2D eigenvalue weighted by Gasteiger charge is 2.17. The van der Waals surface area contributed by atoms with E-state index in [4.69, 9.17) is 23.2 Å². The summed E-state index contributed by atoms with van der Waals surface area (Å²) in [4.78, 5) is 12.3. The molecule has 0 radical (unpaired) electrons. The van der Waals surface area contributed by atoms with Crippen LogP contribution in [0.3, 0.4) is 0 Å². The summed E-state index contributed by atoms with van der Waals surface area (Å²) in [5.41, 5.74) is 5.08. The first kappa shape index (κ1) is 23.5. The molecule has 0 fully saturated rings. The molecule has 0 aliphatic rings. The SMILES string of the molecule is O=C(CSc1nnc(-c2ccc(Cl)cc2)n1-c1ccc(Cl)cc1)N/N=C\c1ccc(Br)cc1. The zero-order valence-corrected chi connectivity index (χ0v) is 20.9. The van der Waals surface area contributed by atoms with Crippen LogP contribution in [0.2, 0.25) is 10.0 Å². The third-order valence-electron chi connectivity index (χ3n) is 4.43. The van der Waals surface area contributed by atoms with Crippen LogP contribution in [0, 0.1) is 0 Å². The molecule has 0 aliphatic heterocycles. The monoisotopic (exact) mass is 559 g/mol. The number of benzene rings is 3. The Morgan fingerprint density at radius 3 is 2.27 bits per heavy atom. The van der Waals surface area contributed by atoms with Gasteiger partial charge in [-0.2, -0.15) is 5.10 Å². The predicted octanol–water partition coefficient (Wildman–Crippen LogP) is 6.25. The van der Waals surface area contributed by atoms with Gasteiger partial charge in [0.1, 0.15) is 0 Å². The first-order valence-corrected chi connectivity index (χ1v) is 12.2. The van der Waals surface area contributed by atoms with E-state index in [0.29, 0.717) is 21.0 Å². The van der Waals surface area contributed by atoms with Crippen LogP contribution in [-0.2, 0) is 4.79 Å². The molecule has 6 nitrogen and oxygen atoms in total. The molecule has 10 heteroatoms. The summed E-state index contributed by atoms with van der Waals surface area (Å²) in [7, 11) is 0. The first-order chi connectivity index (χ1) is 16.0. The Bertz CT molecular complexity index is 1280. The fraction of sp³-hybridized carbons (Fsp3) is 0.0435. The van der Waals surface area contributed by atoms with Crippen LogP contribution in [0.15, 0.2) is 87.5 Å². The number of aromatic nitrogens is 3. The van der Waals surface area contributed by atoms with Gasteiger partial charge in [-0.05, 0) is 66.2 Å². The fourth-order valence-electron chi connectivity index (χ4n) is 2.86. The van der Waals surface area contributed by atoms with Crippen LogP contribution in [0.1, 0.15) is 5.56 Å². The summed E-state index contributed by atoms with van der Waals surface area (Å²) in [6.45, 7) is 0. The normalized spacial score (nSPS) is 11.1. The number of thioether (sulfide) groups is 1. The van der Waals surface area contributed by atoms with Crippen molar-refractivity contribution in [2.24, 2.45) is 5.10 Å². The molecular weight excluding hydrogens is 545 g/mol. The van der Waals surface area contributed by atoms with E-state index in [9.17, 15) is 4.79 Å². The maximum absolute atomic E-state index is 12.3. The number of nitrogens with zero attached hydrogens (tertiary/aromatic N) is 4. The van der Waals surface area contributed by atoms with Crippen molar-refractivity contribution in [3.05, 3.63) is 92.9 Å². The van der Waals surface area contributed by atoms with Gasteiger partial charge in [0.05, 0.1) is 12.0 Å². The average molecular weight is 561 g/mol. The minimum absolute atomic E-state index is 0.115. The molecule has 166 valence electrons. The molecule has 0 bridgehead atoms. The predicted molar refractivity (Wildman–Crippen MR) is 137 cm³/mol. The number of halogens is 3. The van der Waals surface area contributed by atoms with Crippen molar-refractivity contribution in [3.8, 4) is 17.1 Å². The number of amides is 1. The summed E-state index contributed by atoms with van der Waals surface area (Å²) in [5, 5.41) is 14.5. The average Bonchev–Trinajstić information content (AvgIpc) is 3.24. The molecule has 33 heavy (non-hydrogen) atoms. The largest absolute Gasteiger partial charge is 0.272 e. The standard InChI is InChI=1S/C23H16BrCl2N5OS/c24-17-5-1-15(2-6-17)13-27-28-21(32)14-33-23-30-29-22(16-3-7-18(25)8-4-16)31(23)20-11-9-19(26)10-12-20/h1-13H,14H2,(H,28,32)/b27-13-. The Balaban J connectivity index is 1.51. The molecule has 0 aliphatic carbocycles. The van der Waals surface area contributed by atoms with Gasteiger partial charge in [0, 0.05) is 25.8 Å². The van der Waals surface area contributed by atoms with Gasteiger partial charge < -0.3 is 0 Å². The summed E-state index contributed by atoms with van der Waals surface area (Å²) in [5.74, 6) is 0.488. The Labute approximate surface area is 213 Å². The third kappa shape index (κ3) is 6.23. The molecule has 1 heterocycles. The zero-order chi connectivity index (χ0) is 23.2. The number of hydrogen-bond acceptors (Lipinski definition) is 5. The van der Waals surface area contributed by atoms with Gasteiger partial charge >= 0.3 is 0 Å². The summed E-state index contributed by atoms with van der Waals surface area (Å²) in [6, 6.07) is 22.2. The number of nitrogens with one attached hydrogen (secondary N) is 1. The quantitative estimate of drug-likeness (QED) is 0.165. The van der Waals surface area contributed by atoms with Gasteiger partial charge in [0.2, 0.25) is 0 Å². The van der Waals surface area contributed by atoms with Crippen LogP contribution in [0.5, 0.6) is 0 Å². The highest BCUT2D eigenvalue weighted by atomic mass is 79.9. The minimum atomic E-state index is -0.257. The van der Waals surface area contributed by atoms with Gasteiger partial charge in [-0.25, -0.2) is 5.43 Å². The van der Waals surface area contributed by atoms with E-state index in [1.165, 1.54) is 11.8 Å². The van der Waals surface area contributed by atoms with Crippen LogP contribution >= 0.6 is 50.9 Å². The molecule has 4 rings (SSSR count). The maximum atomic E-state index is 12.3. The fourth-order valence-corrected chi connectivity index (χ4v) is 4.12. The highest BCUT2D eigenvalue weighted by molar-refractivity contribution is 9.10. The van der Waals surface area contributed by atoms with Crippen molar-refractivity contribution in [2.45, 2.75) is 5.16 Å². The Morgan fingerprint density at radius 1 is 0.970 bits per heavy atom. The van der Waals surface area contributed by atoms with Crippen molar-refractivity contribution >= 4 is 63.0 Å². The lowest BCUT2D eigenvalue weighted by molar-refractivity contribution is -0.118. The molecule has 3 aromatic carbocycles. The van der Waals surface area contributed by atoms with Crippen molar-refractivity contribution in [2.75, 3.05) is 5.75 Å². The highest BCUT2D eigenvalue weighted by Crippen LogP contribution is 2.29. The number of carbonyl (C=O) groups is 1. The van der Waals surface area contributed by atoms with Gasteiger partial charge in [0.15, 0.2) is 11.0 Å². The molecular formula is C23H16BrCl2N5OS.